The van der Waals surface area contributed by atoms with Crippen LogP contribution in [0.15, 0.2) is 12.7 Å². The lowest BCUT2D eigenvalue weighted by atomic mass is 10.1. The highest BCUT2D eigenvalue weighted by molar-refractivity contribution is 4.71. The Labute approximate surface area is 88.7 Å². The minimum atomic E-state index is 0.329. The lowest BCUT2D eigenvalue weighted by Crippen LogP contribution is -2.34. The molecule has 0 aromatic carbocycles. The lowest BCUT2D eigenvalue weighted by Gasteiger charge is -2.19. The molecule has 1 unspecified atom stereocenters. The molecule has 0 aromatic rings. The summed E-state index contributed by atoms with van der Waals surface area (Å²) in [4.78, 5) is 0. The molecule has 2 heteroatoms. The zero-order chi connectivity index (χ0) is 10.8. The van der Waals surface area contributed by atoms with E-state index >= 15 is 0 Å². The van der Waals surface area contributed by atoms with Crippen molar-refractivity contribution in [2.45, 2.75) is 52.2 Å². The van der Waals surface area contributed by atoms with E-state index in [4.69, 9.17) is 4.74 Å². The minimum Gasteiger partial charge on any atom is -0.377 e. The molecule has 0 aliphatic heterocycles. The van der Waals surface area contributed by atoms with E-state index in [0.29, 0.717) is 12.1 Å². The summed E-state index contributed by atoms with van der Waals surface area (Å²) < 4.78 is 5.60. The van der Waals surface area contributed by atoms with Gasteiger partial charge in [-0.2, -0.15) is 0 Å². The van der Waals surface area contributed by atoms with Crippen LogP contribution in [0.3, 0.4) is 0 Å². The molecule has 0 radical (unpaired) electrons. The van der Waals surface area contributed by atoms with E-state index in [9.17, 15) is 0 Å². The molecule has 0 aromatic heterocycles. The standard InChI is InChI=1S/C12H25NO/c1-5-7-8-9-12(13-6-2)10-14-11(3)4/h5,11-13H,1,6-10H2,2-4H3. The SMILES string of the molecule is C=CCCCC(COC(C)C)NCC. The Morgan fingerprint density at radius 3 is 2.64 bits per heavy atom. The number of allylic oxidation sites excluding steroid dienone is 1. The molecule has 0 spiro atoms. The van der Waals surface area contributed by atoms with Crippen molar-refractivity contribution in [3.8, 4) is 0 Å². The summed E-state index contributed by atoms with van der Waals surface area (Å²) >= 11 is 0. The van der Waals surface area contributed by atoms with Crippen molar-refractivity contribution in [2.24, 2.45) is 0 Å². The molecule has 0 saturated heterocycles. The van der Waals surface area contributed by atoms with Crippen LogP contribution in [0.2, 0.25) is 0 Å². The molecule has 0 aliphatic carbocycles. The first-order chi connectivity index (χ1) is 6.70. The zero-order valence-electron chi connectivity index (χ0n) is 9.88. The summed E-state index contributed by atoms with van der Waals surface area (Å²) in [5, 5.41) is 3.44. The van der Waals surface area contributed by atoms with Crippen LogP contribution in [0, 0.1) is 0 Å². The normalized spacial score (nSPS) is 13.1. The summed E-state index contributed by atoms with van der Waals surface area (Å²) in [6, 6.07) is 0.502. The predicted molar refractivity (Wildman–Crippen MR) is 62.6 cm³/mol. The first-order valence-corrected chi connectivity index (χ1v) is 5.66. The fraction of sp³-hybridized carbons (Fsp3) is 0.833. The first-order valence-electron chi connectivity index (χ1n) is 5.66. The molecule has 0 amide bonds. The van der Waals surface area contributed by atoms with Crippen LogP contribution in [0.1, 0.15) is 40.0 Å². The van der Waals surface area contributed by atoms with E-state index in [0.717, 1.165) is 19.6 Å². The second-order valence-electron chi connectivity index (χ2n) is 3.86. The number of ether oxygens (including phenoxy) is 1. The van der Waals surface area contributed by atoms with Crippen molar-refractivity contribution in [1.29, 1.82) is 0 Å². The Hall–Kier alpha value is -0.340. The van der Waals surface area contributed by atoms with E-state index in [1.165, 1.54) is 12.8 Å². The van der Waals surface area contributed by atoms with Gasteiger partial charge in [-0.3, -0.25) is 0 Å². The number of unbranched alkanes of at least 4 members (excludes halogenated alkanes) is 1. The molecule has 84 valence electrons. The van der Waals surface area contributed by atoms with Gasteiger partial charge in [0, 0.05) is 6.04 Å². The second-order valence-corrected chi connectivity index (χ2v) is 3.86. The highest BCUT2D eigenvalue weighted by Crippen LogP contribution is 2.03. The zero-order valence-corrected chi connectivity index (χ0v) is 9.88. The van der Waals surface area contributed by atoms with Gasteiger partial charge in [0.15, 0.2) is 0 Å². The highest BCUT2D eigenvalue weighted by atomic mass is 16.5. The van der Waals surface area contributed by atoms with Crippen LogP contribution in [0.25, 0.3) is 0 Å². The molecule has 0 bridgehead atoms. The van der Waals surface area contributed by atoms with Crippen LogP contribution in [0.5, 0.6) is 0 Å². The smallest absolute Gasteiger partial charge is 0.0623 e. The molecule has 2 nitrogen and oxygen atoms in total. The lowest BCUT2D eigenvalue weighted by molar-refractivity contribution is 0.0595. The second kappa shape index (κ2) is 9.22. The van der Waals surface area contributed by atoms with Gasteiger partial charge in [0.25, 0.3) is 0 Å². The summed E-state index contributed by atoms with van der Waals surface area (Å²) in [6.45, 7) is 11.8. The summed E-state index contributed by atoms with van der Waals surface area (Å²) in [5.41, 5.74) is 0. The van der Waals surface area contributed by atoms with Gasteiger partial charge >= 0.3 is 0 Å². The van der Waals surface area contributed by atoms with Gasteiger partial charge < -0.3 is 10.1 Å². The molecule has 0 saturated carbocycles. The van der Waals surface area contributed by atoms with Gasteiger partial charge in [-0.05, 0) is 39.7 Å². The third-order valence-corrected chi connectivity index (χ3v) is 2.08. The van der Waals surface area contributed by atoms with Crippen molar-refractivity contribution in [1.82, 2.24) is 5.32 Å². The summed E-state index contributed by atoms with van der Waals surface area (Å²) in [6.07, 6.45) is 5.78. The van der Waals surface area contributed by atoms with Crippen molar-refractivity contribution < 1.29 is 4.74 Å². The van der Waals surface area contributed by atoms with Crippen molar-refractivity contribution in [2.75, 3.05) is 13.2 Å². The third-order valence-electron chi connectivity index (χ3n) is 2.08. The maximum absolute atomic E-state index is 5.60. The van der Waals surface area contributed by atoms with Crippen molar-refractivity contribution >= 4 is 0 Å². The third kappa shape index (κ3) is 8.27. The fourth-order valence-corrected chi connectivity index (χ4v) is 1.35. The van der Waals surface area contributed by atoms with E-state index in [-0.39, 0.29) is 0 Å². The quantitative estimate of drug-likeness (QED) is 0.455. The van der Waals surface area contributed by atoms with Crippen LogP contribution in [-0.4, -0.2) is 25.3 Å². The molecule has 1 N–H and O–H groups in total. The Morgan fingerprint density at radius 1 is 1.43 bits per heavy atom. The van der Waals surface area contributed by atoms with Crippen LogP contribution < -0.4 is 5.32 Å². The van der Waals surface area contributed by atoms with Gasteiger partial charge in [-0.25, -0.2) is 0 Å². The van der Waals surface area contributed by atoms with Gasteiger partial charge in [-0.1, -0.05) is 13.0 Å². The maximum Gasteiger partial charge on any atom is 0.0623 e. The minimum absolute atomic E-state index is 0.329. The van der Waals surface area contributed by atoms with E-state index in [2.05, 4.69) is 32.7 Å². The van der Waals surface area contributed by atoms with Crippen molar-refractivity contribution in [3.63, 3.8) is 0 Å². The van der Waals surface area contributed by atoms with Gasteiger partial charge in [0.2, 0.25) is 0 Å². The molecule has 14 heavy (non-hydrogen) atoms. The molecule has 1 atom stereocenters. The molecule has 0 aliphatic rings. The van der Waals surface area contributed by atoms with E-state index < -0.39 is 0 Å². The largest absolute Gasteiger partial charge is 0.377 e. The Kier molecular flexibility index (Phi) is 9.00. The first kappa shape index (κ1) is 13.7. The maximum atomic E-state index is 5.60. The fourth-order valence-electron chi connectivity index (χ4n) is 1.35. The number of nitrogens with one attached hydrogen (secondary N) is 1. The van der Waals surface area contributed by atoms with Crippen LogP contribution in [0.4, 0.5) is 0 Å². The van der Waals surface area contributed by atoms with Crippen LogP contribution >= 0.6 is 0 Å². The Morgan fingerprint density at radius 2 is 2.14 bits per heavy atom. The number of rotatable bonds is 9. The monoisotopic (exact) mass is 199 g/mol. The average Bonchev–Trinajstić information content (AvgIpc) is 2.14. The Balaban J connectivity index is 3.59. The molecule has 0 rings (SSSR count). The summed E-state index contributed by atoms with van der Waals surface area (Å²) in [7, 11) is 0. The predicted octanol–water partition coefficient (Wildman–Crippen LogP) is 2.75. The van der Waals surface area contributed by atoms with E-state index in [1.54, 1.807) is 0 Å². The number of likely N-dealkylation sites (N-methyl/N-ethyl adjacent to an activating group) is 1. The summed E-state index contributed by atoms with van der Waals surface area (Å²) in [5.74, 6) is 0. The molecule has 0 heterocycles. The number of hydrogen-bond donors (Lipinski definition) is 1. The van der Waals surface area contributed by atoms with Gasteiger partial charge in [-0.15, -0.1) is 6.58 Å². The average molecular weight is 199 g/mol. The van der Waals surface area contributed by atoms with Crippen LogP contribution in [-0.2, 0) is 4.74 Å². The topological polar surface area (TPSA) is 21.3 Å². The molecular weight excluding hydrogens is 174 g/mol. The molecular formula is C12H25NO. The van der Waals surface area contributed by atoms with Gasteiger partial charge in [0.1, 0.15) is 0 Å². The number of hydrogen-bond acceptors (Lipinski definition) is 2. The van der Waals surface area contributed by atoms with Crippen molar-refractivity contribution in [3.05, 3.63) is 12.7 Å². The van der Waals surface area contributed by atoms with Gasteiger partial charge in [0.05, 0.1) is 12.7 Å². The molecule has 0 fully saturated rings. The van der Waals surface area contributed by atoms with E-state index in [1.807, 2.05) is 6.08 Å². The Bertz CT molecular complexity index is 134. The highest BCUT2D eigenvalue weighted by Gasteiger charge is 2.07.